The number of carbonyl (C=O) groups is 1. The number of likely N-dealkylation sites (tertiary alicyclic amines) is 1. The zero-order chi connectivity index (χ0) is 14.1. The molecule has 1 N–H and O–H groups in total. The van der Waals surface area contributed by atoms with Crippen LogP contribution >= 0.6 is 0 Å². The predicted octanol–water partition coefficient (Wildman–Crippen LogP) is 1.11. The van der Waals surface area contributed by atoms with Crippen molar-refractivity contribution in [1.29, 1.82) is 0 Å². The smallest absolute Gasteiger partial charge is 0.226 e. The largest absolute Gasteiger partial charge is 0.391 e. The van der Waals surface area contributed by atoms with Crippen LogP contribution in [-0.2, 0) is 18.3 Å². The first-order valence-corrected chi connectivity index (χ1v) is 7.61. The second-order valence-electron chi connectivity index (χ2n) is 6.16. The van der Waals surface area contributed by atoms with Crippen molar-refractivity contribution in [2.45, 2.75) is 50.7 Å². The van der Waals surface area contributed by atoms with Gasteiger partial charge in [-0.05, 0) is 31.2 Å². The van der Waals surface area contributed by atoms with Crippen LogP contribution in [0.15, 0.2) is 12.4 Å². The number of amides is 1. The van der Waals surface area contributed by atoms with Gasteiger partial charge in [-0.2, -0.15) is 5.10 Å². The van der Waals surface area contributed by atoms with Gasteiger partial charge in [-0.1, -0.05) is 12.8 Å². The zero-order valence-corrected chi connectivity index (χ0v) is 12.0. The molecule has 1 saturated heterocycles. The highest BCUT2D eigenvalue weighted by Gasteiger charge is 2.39. The van der Waals surface area contributed by atoms with Crippen molar-refractivity contribution in [1.82, 2.24) is 14.7 Å². The Kier molecular flexibility index (Phi) is 3.78. The Hall–Kier alpha value is -1.36. The summed E-state index contributed by atoms with van der Waals surface area (Å²) in [4.78, 5) is 14.5. The normalized spacial score (nSPS) is 27.4. The van der Waals surface area contributed by atoms with Crippen LogP contribution in [0.4, 0.5) is 0 Å². The van der Waals surface area contributed by atoms with Crippen molar-refractivity contribution in [2.24, 2.45) is 13.0 Å². The standard InChI is InChI=1S/C15H23N3O2/c1-17-10-11(9-16-17)8-13-14(19)6-7-18(13)15(20)12-4-2-3-5-12/h9-10,12-14,19H,2-8H2,1H3/t13-,14-/m0/s1. The molecule has 0 unspecified atom stereocenters. The molecule has 1 amide bonds. The van der Waals surface area contributed by atoms with Crippen LogP contribution in [0.25, 0.3) is 0 Å². The summed E-state index contributed by atoms with van der Waals surface area (Å²) >= 11 is 0. The third-order valence-corrected chi connectivity index (χ3v) is 4.70. The van der Waals surface area contributed by atoms with Crippen LogP contribution < -0.4 is 0 Å². The molecule has 2 fully saturated rings. The van der Waals surface area contributed by atoms with E-state index < -0.39 is 6.10 Å². The van der Waals surface area contributed by atoms with E-state index in [-0.39, 0.29) is 17.9 Å². The van der Waals surface area contributed by atoms with Crippen LogP contribution in [0.3, 0.4) is 0 Å². The molecule has 1 aliphatic heterocycles. The van der Waals surface area contributed by atoms with E-state index >= 15 is 0 Å². The monoisotopic (exact) mass is 277 g/mol. The molecule has 3 rings (SSSR count). The number of hydrogen-bond acceptors (Lipinski definition) is 3. The van der Waals surface area contributed by atoms with Gasteiger partial charge in [0.25, 0.3) is 0 Å². The average molecular weight is 277 g/mol. The molecule has 20 heavy (non-hydrogen) atoms. The van der Waals surface area contributed by atoms with Crippen molar-refractivity contribution >= 4 is 5.91 Å². The predicted molar refractivity (Wildman–Crippen MR) is 75.0 cm³/mol. The Morgan fingerprint density at radius 3 is 2.80 bits per heavy atom. The average Bonchev–Trinajstić information content (AvgIpc) is 3.13. The summed E-state index contributed by atoms with van der Waals surface area (Å²) in [5, 5.41) is 14.4. The maximum absolute atomic E-state index is 12.6. The Morgan fingerprint density at radius 2 is 2.15 bits per heavy atom. The maximum Gasteiger partial charge on any atom is 0.226 e. The summed E-state index contributed by atoms with van der Waals surface area (Å²) in [5.41, 5.74) is 1.09. The number of aliphatic hydroxyl groups excluding tert-OH is 1. The quantitative estimate of drug-likeness (QED) is 0.900. The van der Waals surface area contributed by atoms with Crippen LogP contribution in [0.5, 0.6) is 0 Å². The highest BCUT2D eigenvalue weighted by molar-refractivity contribution is 5.79. The summed E-state index contributed by atoms with van der Waals surface area (Å²) < 4.78 is 1.76. The van der Waals surface area contributed by atoms with E-state index in [2.05, 4.69) is 5.10 Å². The lowest BCUT2D eigenvalue weighted by Crippen LogP contribution is -2.43. The van der Waals surface area contributed by atoms with Crippen LogP contribution in [0.1, 0.15) is 37.7 Å². The number of nitrogens with zero attached hydrogens (tertiary/aromatic N) is 3. The first-order chi connectivity index (χ1) is 9.65. The summed E-state index contributed by atoms with van der Waals surface area (Å²) in [5.74, 6) is 0.449. The molecule has 5 heteroatoms. The first-order valence-electron chi connectivity index (χ1n) is 7.61. The van der Waals surface area contributed by atoms with E-state index in [1.165, 1.54) is 12.8 Å². The summed E-state index contributed by atoms with van der Waals surface area (Å²) in [6.45, 7) is 0.696. The Morgan fingerprint density at radius 1 is 1.40 bits per heavy atom. The minimum Gasteiger partial charge on any atom is -0.391 e. The number of carbonyl (C=O) groups excluding carboxylic acids is 1. The molecule has 0 radical (unpaired) electrons. The van der Waals surface area contributed by atoms with E-state index in [0.717, 1.165) is 18.4 Å². The van der Waals surface area contributed by atoms with Gasteiger partial charge in [0.15, 0.2) is 0 Å². The van der Waals surface area contributed by atoms with Crippen LogP contribution in [0.2, 0.25) is 0 Å². The van der Waals surface area contributed by atoms with Crippen LogP contribution in [-0.4, -0.2) is 44.4 Å². The molecule has 2 heterocycles. The van der Waals surface area contributed by atoms with E-state index in [4.69, 9.17) is 0 Å². The molecule has 0 bridgehead atoms. The van der Waals surface area contributed by atoms with Gasteiger partial charge in [-0.25, -0.2) is 0 Å². The minimum absolute atomic E-state index is 0.0766. The van der Waals surface area contributed by atoms with Gasteiger partial charge < -0.3 is 10.0 Å². The molecule has 0 aromatic carbocycles. The van der Waals surface area contributed by atoms with Gasteiger partial charge in [-0.15, -0.1) is 0 Å². The molecule has 1 aromatic heterocycles. The number of rotatable bonds is 3. The fourth-order valence-electron chi connectivity index (χ4n) is 3.58. The topological polar surface area (TPSA) is 58.4 Å². The summed E-state index contributed by atoms with van der Waals surface area (Å²) in [6.07, 6.45) is 9.15. The van der Waals surface area contributed by atoms with Crippen molar-refractivity contribution < 1.29 is 9.90 Å². The zero-order valence-electron chi connectivity index (χ0n) is 12.0. The molecule has 5 nitrogen and oxygen atoms in total. The van der Waals surface area contributed by atoms with Gasteiger partial charge in [-0.3, -0.25) is 9.48 Å². The second kappa shape index (κ2) is 5.56. The molecule has 110 valence electrons. The lowest BCUT2D eigenvalue weighted by Gasteiger charge is -2.28. The second-order valence-corrected chi connectivity index (χ2v) is 6.16. The number of hydrogen-bond donors (Lipinski definition) is 1. The Labute approximate surface area is 119 Å². The number of aliphatic hydroxyl groups is 1. The number of aromatic nitrogens is 2. The van der Waals surface area contributed by atoms with E-state index in [9.17, 15) is 9.90 Å². The van der Waals surface area contributed by atoms with Gasteiger partial charge in [0.2, 0.25) is 5.91 Å². The SMILES string of the molecule is Cn1cc(C[C@H]2[C@@H](O)CCN2C(=O)C2CCCC2)cn1. The molecule has 2 atom stereocenters. The van der Waals surface area contributed by atoms with E-state index in [0.29, 0.717) is 19.4 Å². The third kappa shape index (κ3) is 2.59. The molecule has 1 saturated carbocycles. The van der Waals surface area contributed by atoms with Crippen LogP contribution in [0, 0.1) is 5.92 Å². The fourth-order valence-corrected chi connectivity index (χ4v) is 3.58. The van der Waals surface area contributed by atoms with Crippen molar-refractivity contribution in [3.63, 3.8) is 0 Å². The van der Waals surface area contributed by atoms with E-state index in [1.807, 2.05) is 24.3 Å². The summed E-state index contributed by atoms with van der Waals surface area (Å²) in [7, 11) is 1.88. The Bertz CT molecular complexity index is 479. The highest BCUT2D eigenvalue weighted by atomic mass is 16.3. The summed E-state index contributed by atoms with van der Waals surface area (Å²) in [6, 6.07) is -0.0766. The molecular formula is C15H23N3O2. The Balaban J connectivity index is 1.71. The molecular weight excluding hydrogens is 254 g/mol. The fraction of sp³-hybridized carbons (Fsp3) is 0.733. The number of aryl methyl sites for hydroxylation is 1. The lowest BCUT2D eigenvalue weighted by atomic mass is 10.0. The molecule has 1 aliphatic carbocycles. The van der Waals surface area contributed by atoms with Gasteiger partial charge in [0.1, 0.15) is 0 Å². The van der Waals surface area contributed by atoms with Crippen molar-refractivity contribution in [3.8, 4) is 0 Å². The highest BCUT2D eigenvalue weighted by Crippen LogP contribution is 2.30. The maximum atomic E-state index is 12.6. The first kappa shape index (κ1) is 13.6. The van der Waals surface area contributed by atoms with E-state index in [1.54, 1.807) is 4.68 Å². The van der Waals surface area contributed by atoms with Crippen molar-refractivity contribution in [2.75, 3.05) is 6.54 Å². The van der Waals surface area contributed by atoms with Gasteiger partial charge in [0, 0.05) is 25.7 Å². The lowest BCUT2D eigenvalue weighted by molar-refractivity contribution is -0.137. The third-order valence-electron chi connectivity index (χ3n) is 4.70. The van der Waals surface area contributed by atoms with Gasteiger partial charge in [0.05, 0.1) is 18.3 Å². The molecule has 1 aromatic rings. The minimum atomic E-state index is -0.402. The molecule has 2 aliphatic rings. The molecule has 0 spiro atoms. The van der Waals surface area contributed by atoms with Crippen molar-refractivity contribution in [3.05, 3.63) is 18.0 Å². The van der Waals surface area contributed by atoms with Gasteiger partial charge >= 0.3 is 0 Å².